The van der Waals surface area contributed by atoms with Gasteiger partial charge < -0.3 is 24.6 Å². The van der Waals surface area contributed by atoms with E-state index in [1.165, 1.54) is 18.4 Å². The second kappa shape index (κ2) is 7.30. The highest BCUT2D eigenvalue weighted by Gasteiger charge is 2.14. The van der Waals surface area contributed by atoms with Crippen LogP contribution >= 0.6 is 0 Å². The minimum Gasteiger partial charge on any atom is -0.478 e. The summed E-state index contributed by atoms with van der Waals surface area (Å²) in [5.74, 6) is -0.950. The van der Waals surface area contributed by atoms with Crippen molar-refractivity contribution < 1.29 is 28.3 Å². The summed E-state index contributed by atoms with van der Waals surface area (Å²) >= 11 is 0. The zero-order valence-corrected chi connectivity index (χ0v) is 12.4. The van der Waals surface area contributed by atoms with E-state index in [0.717, 1.165) is 0 Å². The fourth-order valence-corrected chi connectivity index (χ4v) is 1.90. The topological polar surface area (TPSA) is 122 Å². The summed E-state index contributed by atoms with van der Waals surface area (Å²) in [5, 5.41) is 14.0. The van der Waals surface area contributed by atoms with Crippen molar-refractivity contribution in [2.24, 2.45) is 0 Å². The molecule has 122 valence electrons. The van der Waals surface area contributed by atoms with Crippen LogP contribution in [0.25, 0.3) is 0 Å². The lowest BCUT2D eigenvalue weighted by atomic mass is 10.2. The molecule has 2 heterocycles. The largest absolute Gasteiger partial charge is 0.478 e. The third-order valence-electron chi connectivity index (χ3n) is 3.04. The fourth-order valence-electron chi connectivity index (χ4n) is 1.90. The maximum atomic E-state index is 11.7. The number of carbonyl (C=O) groups excluding carboxylic acids is 2. The first-order chi connectivity index (χ1) is 11.0. The molecule has 0 fully saturated rings. The number of aromatic carboxylic acids is 1. The highest BCUT2D eigenvalue weighted by atomic mass is 16.4. The Kier molecular flexibility index (Phi) is 5.19. The number of furan rings is 2. The van der Waals surface area contributed by atoms with Gasteiger partial charge in [0, 0.05) is 13.0 Å². The first kappa shape index (κ1) is 16.3. The summed E-state index contributed by atoms with van der Waals surface area (Å²) < 4.78 is 10.2. The molecule has 2 aromatic heterocycles. The SMILES string of the molecule is Cc1oc(CNC(=O)CCNC(=O)c2ccco2)cc1C(=O)O. The van der Waals surface area contributed by atoms with Gasteiger partial charge in [0.2, 0.25) is 5.91 Å². The molecule has 0 unspecified atom stereocenters. The number of carboxylic acids is 1. The summed E-state index contributed by atoms with van der Waals surface area (Å²) in [4.78, 5) is 34.1. The highest BCUT2D eigenvalue weighted by Crippen LogP contribution is 2.14. The van der Waals surface area contributed by atoms with E-state index in [-0.39, 0.29) is 42.5 Å². The standard InChI is InChI=1S/C15H16N2O6/c1-9-11(15(20)21)7-10(23-9)8-17-13(18)4-5-16-14(19)12-3-2-6-22-12/h2-3,6-7H,4-5,8H2,1H3,(H,16,19)(H,17,18)(H,20,21). The van der Waals surface area contributed by atoms with Crippen LogP contribution in [0.15, 0.2) is 33.3 Å². The molecule has 0 spiro atoms. The Bertz CT molecular complexity index is 702. The molecule has 23 heavy (non-hydrogen) atoms. The quantitative estimate of drug-likeness (QED) is 0.707. The number of nitrogens with one attached hydrogen (secondary N) is 2. The van der Waals surface area contributed by atoms with E-state index in [4.69, 9.17) is 13.9 Å². The number of rotatable bonds is 7. The Labute approximate surface area is 131 Å². The molecule has 0 aliphatic heterocycles. The van der Waals surface area contributed by atoms with Gasteiger partial charge in [0.05, 0.1) is 12.8 Å². The number of carboxylic acid groups (broad SMARTS) is 1. The van der Waals surface area contributed by atoms with Crippen molar-refractivity contribution in [3.63, 3.8) is 0 Å². The van der Waals surface area contributed by atoms with E-state index >= 15 is 0 Å². The van der Waals surface area contributed by atoms with Crippen molar-refractivity contribution in [3.8, 4) is 0 Å². The summed E-state index contributed by atoms with van der Waals surface area (Å²) in [6.45, 7) is 1.78. The van der Waals surface area contributed by atoms with Crippen LogP contribution in [0.3, 0.4) is 0 Å². The molecule has 0 saturated heterocycles. The van der Waals surface area contributed by atoms with Crippen LogP contribution in [0.5, 0.6) is 0 Å². The Morgan fingerprint density at radius 1 is 1.26 bits per heavy atom. The molecule has 8 nitrogen and oxygen atoms in total. The van der Waals surface area contributed by atoms with Gasteiger partial charge in [0.1, 0.15) is 17.1 Å². The Hall–Kier alpha value is -3.03. The molecule has 2 aromatic rings. The van der Waals surface area contributed by atoms with Gasteiger partial charge in [-0.15, -0.1) is 0 Å². The van der Waals surface area contributed by atoms with Gasteiger partial charge in [-0.3, -0.25) is 9.59 Å². The summed E-state index contributed by atoms with van der Waals surface area (Å²) in [6.07, 6.45) is 1.47. The molecule has 0 aliphatic carbocycles. The molecule has 0 aliphatic rings. The van der Waals surface area contributed by atoms with Crippen LogP contribution in [0.2, 0.25) is 0 Å². The lowest BCUT2D eigenvalue weighted by Gasteiger charge is -2.04. The van der Waals surface area contributed by atoms with Gasteiger partial charge in [-0.2, -0.15) is 0 Å². The number of aryl methyl sites for hydroxylation is 1. The fraction of sp³-hybridized carbons (Fsp3) is 0.267. The normalized spacial score (nSPS) is 10.3. The first-order valence-corrected chi connectivity index (χ1v) is 6.88. The van der Waals surface area contributed by atoms with Crippen molar-refractivity contribution in [2.45, 2.75) is 19.9 Å². The zero-order chi connectivity index (χ0) is 16.8. The second-order valence-electron chi connectivity index (χ2n) is 4.75. The second-order valence-corrected chi connectivity index (χ2v) is 4.75. The molecule has 8 heteroatoms. The zero-order valence-electron chi connectivity index (χ0n) is 12.4. The van der Waals surface area contributed by atoms with Crippen LogP contribution < -0.4 is 10.6 Å². The summed E-state index contributed by atoms with van der Waals surface area (Å²) in [6, 6.07) is 4.49. The lowest BCUT2D eigenvalue weighted by Crippen LogP contribution is -2.30. The van der Waals surface area contributed by atoms with Crippen LogP contribution in [-0.4, -0.2) is 29.4 Å². The maximum absolute atomic E-state index is 11.7. The third-order valence-corrected chi connectivity index (χ3v) is 3.04. The number of amides is 2. The molecule has 3 N–H and O–H groups in total. The number of hydrogen-bond donors (Lipinski definition) is 3. The first-order valence-electron chi connectivity index (χ1n) is 6.88. The van der Waals surface area contributed by atoms with E-state index in [1.807, 2.05) is 0 Å². The molecular weight excluding hydrogens is 304 g/mol. The van der Waals surface area contributed by atoms with E-state index in [2.05, 4.69) is 10.6 Å². The maximum Gasteiger partial charge on any atom is 0.339 e. The molecule has 0 aromatic carbocycles. The predicted octanol–water partition coefficient (Wildman–Crippen LogP) is 1.32. The van der Waals surface area contributed by atoms with Crippen molar-refractivity contribution in [2.75, 3.05) is 6.54 Å². The Morgan fingerprint density at radius 3 is 2.65 bits per heavy atom. The van der Waals surface area contributed by atoms with E-state index in [0.29, 0.717) is 5.76 Å². The van der Waals surface area contributed by atoms with Crippen LogP contribution in [0, 0.1) is 6.92 Å². The van der Waals surface area contributed by atoms with Gasteiger partial charge in [-0.1, -0.05) is 0 Å². The van der Waals surface area contributed by atoms with Crippen LogP contribution in [0.1, 0.15) is 38.9 Å². The minimum atomic E-state index is -1.08. The van der Waals surface area contributed by atoms with E-state index < -0.39 is 11.9 Å². The van der Waals surface area contributed by atoms with Gasteiger partial charge in [0.15, 0.2) is 5.76 Å². The Morgan fingerprint density at radius 2 is 2.04 bits per heavy atom. The molecule has 0 saturated carbocycles. The molecule has 0 radical (unpaired) electrons. The average molecular weight is 320 g/mol. The summed E-state index contributed by atoms with van der Waals surface area (Å²) in [7, 11) is 0. The number of hydrogen-bond acceptors (Lipinski definition) is 5. The van der Waals surface area contributed by atoms with Crippen LogP contribution in [0.4, 0.5) is 0 Å². The van der Waals surface area contributed by atoms with Gasteiger partial charge in [0.25, 0.3) is 5.91 Å². The van der Waals surface area contributed by atoms with Crippen molar-refractivity contribution >= 4 is 17.8 Å². The summed E-state index contributed by atoms with van der Waals surface area (Å²) in [5.41, 5.74) is 0.0694. The number of carbonyl (C=O) groups is 3. The minimum absolute atomic E-state index is 0.0694. The molecule has 0 bridgehead atoms. The van der Waals surface area contributed by atoms with Gasteiger partial charge in [-0.05, 0) is 25.1 Å². The lowest BCUT2D eigenvalue weighted by molar-refractivity contribution is -0.121. The smallest absolute Gasteiger partial charge is 0.339 e. The third kappa shape index (κ3) is 4.47. The molecular formula is C15H16N2O6. The average Bonchev–Trinajstić information content (AvgIpc) is 3.14. The van der Waals surface area contributed by atoms with Gasteiger partial charge >= 0.3 is 5.97 Å². The van der Waals surface area contributed by atoms with E-state index in [1.54, 1.807) is 13.0 Å². The van der Waals surface area contributed by atoms with Crippen molar-refractivity contribution in [3.05, 3.63) is 47.3 Å². The van der Waals surface area contributed by atoms with Crippen molar-refractivity contribution in [1.82, 2.24) is 10.6 Å². The monoisotopic (exact) mass is 320 g/mol. The Balaban J connectivity index is 1.72. The predicted molar refractivity (Wildman–Crippen MR) is 77.9 cm³/mol. The molecule has 2 rings (SSSR count). The van der Waals surface area contributed by atoms with E-state index in [9.17, 15) is 14.4 Å². The van der Waals surface area contributed by atoms with Crippen molar-refractivity contribution in [1.29, 1.82) is 0 Å². The molecule has 0 atom stereocenters. The highest BCUT2D eigenvalue weighted by molar-refractivity contribution is 5.91. The molecule has 2 amide bonds. The van der Waals surface area contributed by atoms with Crippen LogP contribution in [-0.2, 0) is 11.3 Å². The van der Waals surface area contributed by atoms with Gasteiger partial charge in [-0.25, -0.2) is 4.79 Å².